The van der Waals surface area contributed by atoms with Crippen molar-refractivity contribution in [1.82, 2.24) is 15.7 Å². The molecule has 3 rings (SSSR count). The summed E-state index contributed by atoms with van der Waals surface area (Å²) >= 11 is 0. The molecule has 0 spiro atoms. The summed E-state index contributed by atoms with van der Waals surface area (Å²) in [5.41, 5.74) is 2.53. The van der Waals surface area contributed by atoms with Crippen LogP contribution in [0.25, 0.3) is 10.9 Å². The molecule has 10 nitrogen and oxygen atoms in total. The minimum Gasteiger partial charge on any atom is -0.493 e. The monoisotopic (exact) mass is 479 g/mol. The number of carbonyl (C=O) groups excluding carboxylic acids is 2. The maximum absolute atomic E-state index is 14.8. The van der Waals surface area contributed by atoms with E-state index in [-0.39, 0.29) is 18.0 Å². The van der Waals surface area contributed by atoms with E-state index >= 15 is 0 Å². The minimum absolute atomic E-state index is 0.0828. The van der Waals surface area contributed by atoms with E-state index in [2.05, 4.69) is 32.1 Å². The number of nitrogens with zero attached hydrogens (tertiary/aromatic N) is 2. The molecule has 1 aromatic heterocycles. The standard InChI is InChI=1S/C24H22FN5O5/c1-5-9-28-23(31)22(30-26-2)24(32)29-14-6-7-19(16(25)11-14)35-18-8-10-27-17-13-21(34-4)20(33-3)12-15(17)18/h1,6-8,10-13,26H,9H2,2-4H3,(H,28,31)(H,29,32)/b30-22+. The van der Waals surface area contributed by atoms with Gasteiger partial charge in [-0.25, -0.2) is 4.39 Å². The molecule has 3 aromatic rings. The van der Waals surface area contributed by atoms with Crippen LogP contribution >= 0.6 is 0 Å². The molecule has 180 valence electrons. The second-order valence-corrected chi connectivity index (χ2v) is 6.81. The molecule has 11 heteroatoms. The number of methoxy groups -OCH3 is 2. The van der Waals surface area contributed by atoms with Gasteiger partial charge in [0.25, 0.3) is 11.8 Å². The van der Waals surface area contributed by atoms with Gasteiger partial charge in [-0.2, -0.15) is 5.10 Å². The van der Waals surface area contributed by atoms with Crippen molar-refractivity contribution in [2.45, 2.75) is 0 Å². The third kappa shape index (κ3) is 5.75. The zero-order valence-electron chi connectivity index (χ0n) is 19.1. The molecule has 2 aromatic carbocycles. The summed E-state index contributed by atoms with van der Waals surface area (Å²) in [6, 6.07) is 8.75. The minimum atomic E-state index is -0.858. The van der Waals surface area contributed by atoms with Crippen LogP contribution in [0.5, 0.6) is 23.0 Å². The third-order valence-electron chi connectivity index (χ3n) is 4.62. The SMILES string of the molecule is C#CCNC(=O)/C(=N\NC)C(=O)Nc1ccc(Oc2ccnc3cc(OC)c(OC)cc23)c(F)c1. The fourth-order valence-corrected chi connectivity index (χ4v) is 3.04. The van der Waals surface area contributed by atoms with Crippen LogP contribution in [0.4, 0.5) is 10.1 Å². The number of halogens is 1. The Morgan fingerprint density at radius 2 is 1.80 bits per heavy atom. The molecule has 3 N–H and O–H groups in total. The highest BCUT2D eigenvalue weighted by Gasteiger charge is 2.21. The quantitative estimate of drug-likeness (QED) is 0.186. The maximum Gasteiger partial charge on any atom is 0.281 e. The van der Waals surface area contributed by atoms with E-state index in [1.807, 2.05) is 0 Å². The number of benzene rings is 2. The van der Waals surface area contributed by atoms with Crippen LogP contribution in [-0.4, -0.2) is 50.3 Å². The van der Waals surface area contributed by atoms with Gasteiger partial charge >= 0.3 is 0 Å². The Morgan fingerprint density at radius 3 is 2.46 bits per heavy atom. The second-order valence-electron chi connectivity index (χ2n) is 6.81. The zero-order valence-corrected chi connectivity index (χ0v) is 19.1. The van der Waals surface area contributed by atoms with Crippen molar-refractivity contribution < 1.29 is 28.2 Å². The number of aromatic nitrogens is 1. The number of hydrogen-bond donors (Lipinski definition) is 3. The van der Waals surface area contributed by atoms with Crippen LogP contribution in [0.15, 0.2) is 47.7 Å². The van der Waals surface area contributed by atoms with Gasteiger partial charge in [-0.15, -0.1) is 6.42 Å². The van der Waals surface area contributed by atoms with Crippen LogP contribution in [0.3, 0.4) is 0 Å². The van der Waals surface area contributed by atoms with Crippen molar-refractivity contribution in [2.24, 2.45) is 5.10 Å². The normalized spacial score (nSPS) is 10.8. The Balaban J connectivity index is 1.83. The Bertz CT molecular complexity index is 1340. The van der Waals surface area contributed by atoms with Gasteiger partial charge < -0.3 is 30.3 Å². The molecule has 0 fully saturated rings. The lowest BCUT2D eigenvalue weighted by molar-refractivity contribution is -0.116. The van der Waals surface area contributed by atoms with Crippen LogP contribution in [-0.2, 0) is 9.59 Å². The number of hydrogen-bond acceptors (Lipinski definition) is 8. The topological polar surface area (TPSA) is 123 Å². The highest BCUT2D eigenvalue weighted by atomic mass is 19.1. The Labute approximate surface area is 200 Å². The molecule has 0 saturated carbocycles. The van der Waals surface area contributed by atoms with E-state index in [0.717, 1.165) is 6.07 Å². The van der Waals surface area contributed by atoms with Gasteiger partial charge in [-0.1, -0.05) is 5.92 Å². The van der Waals surface area contributed by atoms with Crippen LogP contribution in [0, 0.1) is 18.2 Å². The second kappa shape index (κ2) is 11.3. The van der Waals surface area contributed by atoms with Crippen molar-refractivity contribution in [3.05, 3.63) is 48.4 Å². The first kappa shape index (κ1) is 24.8. The van der Waals surface area contributed by atoms with E-state index in [0.29, 0.717) is 28.2 Å². The number of hydrazone groups is 1. The van der Waals surface area contributed by atoms with Crippen molar-refractivity contribution in [3.8, 4) is 35.3 Å². The number of nitrogens with one attached hydrogen (secondary N) is 3. The Hall–Kier alpha value is -4.85. The average Bonchev–Trinajstić information content (AvgIpc) is 2.86. The van der Waals surface area contributed by atoms with E-state index < -0.39 is 23.3 Å². The molecule has 0 unspecified atom stereocenters. The van der Waals surface area contributed by atoms with Gasteiger partial charge in [-0.3, -0.25) is 14.6 Å². The average molecular weight is 479 g/mol. The fourth-order valence-electron chi connectivity index (χ4n) is 3.04. The first-order valence-electron chi connectivity index (χ1n) is 10.2. The van der Waals surface area contributed by atoms with Gasteiger partial charge in [0.1, 0.15) is 5.75 Å². The molecule has 0 bridgehead atoms. The maximum atomic E-state index is 14.8. The lowest BCUT2D eigenvalue weighted by Gasteiger charge is -2.13. The Morgan fingerprint density at radius 1 is 1.06 bits per heavy atom. The largest absolute Gasteiger partial charge is 0.493 e. The van der Waals surface area contributed by atoms with E-state index in [1.165, 1.54) is 39.6 Å². The summed E-state index contributed by atoms with van der Waals surface area (Å²) in [6.07, 6.45) is 6.62. The smallest absolute Gasteiger partial charge is 0.281 e. The Kier molecular flexibility index (Phi) is 8.02. The molecule has 0 aliphatic heterocycles. The van der Waals surface area contributed by atoms with Gasteiger partial charge in [0.15, 0.2) is 23.1 Å². The number of pyridine rings is 1. The number of carbonyl (C=O) groups is 2. The predicted octanol–water partition coefficient (Wildman–Crippen LogP) is 2.45. The van der Waals surface area contributed by atoms with E-state index in [4.69, 9.17) is 20.6 Å². The molecule has 0 aliphatic rings. The number of fused-ring (bicyclic) bond motifs is 1. The van der Waals surface area contributed by atoms with Gasteiger partial charge in [0, 0.05) is 36.5 Å². The third-order valence-corrected chi connectivity index (χ3v) is 4.62. The van der Waals surface area contributed by atoms with Gasteiger partial charge in [-0.05, 0) is 24.3 Å². The van der Waals surface area contributed by atoms with Crippen LogP contribution in [0.2, 0.25) is 0 Å². The molecule has 2 amide bonds. The first-order chi connectivity index (χ1) is 16.9. The summed E-state index contributed by atoms with van der Waals surface area (Å²) in [5, 5.41) is 8.99. The molecule has 0 radical (unpaired) electrons. The number of terminal acetylenes is 1. The molecule has 0 atom stereocenters. The highest BCUT2D eigenvalue weighted by Crippen LogP contribution is 2.37. The zero-order chi connectivity index (χ0) is 25.4. The van der Waals surface area contributed by atoms with Gasteiger partial charge in [0.2, 0.25) is 5.71 Å². The first-order valence-corrected chi connectivity index (χ1v) is 10.2. The lowest BCUT2D eigenvalue weighted by atomic mass is 10.1. The molecular formula is C24H22FN5O5. The fraction of sp³-hybridized carbons (Fsp3) is 0.167. The molecule has 0 saturated heterocycles. The summed E-state index contributed by atoms with van der Waals surface area (Å²) < 4.78 is 31.2. The lowest BCUT2D eigenvalue weighted by Crippen LogP contribution is -2.40. The predicted molar refractivity (Wildman–Crippen MR) is 128 cm³/mol. The van der Waals surface area contributed by atoms with E-state index in [9.17, 15) is 14.0 Å². The van der Waals surface area contributed by atoms with Gasteiger partial charge in [0.05, 0.1) is 26.3 Å². The van der Waals surface area contributed by atoms with Crippen molar-refractivity contribution >= 4 is 34.1 Å². The van der Waals surface area contributed by atoms with Crippen molar-refractivity contribution in [3.63, 3.8) is 0 Å². The van der Waals surface area contributed by atoms with Crippen LogP contribution < -0.4 is 30.3 Å². The van der Waals surface area contributed by atoms with E-state index in [1.54, 1.807) is 18.2 Å². The number of rotatable bonds is 9. The number of ether oxygens (including phenoxy) is 3. The molecular weight excluding hydrogens is 457 g/mol. The number of amides is 2. The molecule has 1 heterocycles. The molecule has 0 aliphatic carbocycles. The highest BCUT2D eigenvalue weighted by molar-refractivity contribution is 6.67. The molecule has 35 heavy (non-hydrogen) atoms. The summed E-state index contributed by atoms with van der Waals surface area (Å²) in [5.74, 6) is 1.01. The summed E-state index contributed by atoms with van der Waals surface area (Å²) in [6.45, 7) is -0.0855. The summed E-state index contributed by atoms with van der Waals surface area (Å²) in [4.78, 5) is 28.8. The number of anilines is 1. The van der Waals surface area contributed by atoms with Crippen molar-refractivity contribution in [2.75, 3.05) is 33.1 Å². The van der Waals surface area contributed by atoms with Crippen molar-refractivity contribution in [1.29, 1.82) is 0 Å². The van der Waals surface area contributed by atoms with Crippen LogP contribution in [0.1, 0.15) is 0 Å². The summed E-state index contributed by atoms with van der Waals surface area (Å²) in [7, 11) is 4.43.